The van der Waals surface area contributed by atoms with Crippen molar-refractivity contribution in [1.82, 2.24) is 4.98 Å². The number of nitrogens with zero attached hydrogens (tertiary/aromatic N) is 1. The van der Waals surface area contributed by atoms with Gasteiger partial charge in [0.05, 0.1) is 16.5 Å². The fraction of sp³-hybridized carbons (Fsp3) is 0.281. The third-order valence-corrected chi connectivity index (χ3v) is 7.52. The lowest BCUT2D eigenvalue weighted by molar-refractivity contribution is -0.210. The third kappa shape index (κ3) is 3.75. The summed E-state index contributed by atoms with van der Waals surface area (Å²) in [5, 5.41) is 5.71. The van der Waals surface area contributed by atoms with Crippen LogP contribution in [0.3, 0.4) is 0 Å². The molecule has 6 rings (SSSR count). The van der Waals surface area contributed by atoms with Gasteiger partial charge >= 0.3 is 6.18 Å². The van der Waals surface area contributed by atoms with Crippen LogP contribution in [0.5, 0.6) is 11.5 Å². The summed E-state index contributed by atoms with van der Waals surface area (Å²) in [7, 11) is 0. The number of ether oxygens (including phenoxy) is 1. The van der Waals surface area contributed by atoms with Gasteiger partial charge in [-0.2, -0.15) is 13.2 Å². The molecule has 5 aromatic rings. The number of halogens is 3. The smallest absolute Gasteiger partial charge is 0.394 e. The Morgan fingerprint density at radius 2 is 1.62 bits per heavy atom. The van der Waals surface area contributed by atoms with Gasteiger partial charge in [0.15, 0.2) is 0 Å². The highest BCUT2D eigenvalue weighted by Crippen LogP contribution is 2.52. The molecule has 0 spiro atoms. The van der Waals surface area contributed by atoms with Crippen LogP contribution in [0.2, 0.25) is 0 Å². The summed E-state index contributed by atoms with van der Waals surface area (Å²) in [5.41, 5.74) is 1.73. The van der Waals surface area contributed by atoms with E-state index in [1.165, 1.54) is 19.2 Å². The van der Waals surface area contributed by atoms with Crippen molar-refractivity contribution < 1.29 is 17.9 Å². The molecule has 2 nitrogen and oxygen atoms in total. The average molecular weight is 500 g/mol. The Morgan fingerprint density at radius 1 is 0.865 bits per heavy atom. The van der Waals surface area contributed by atoms with Crippen molar-refractivity contribution in [1.29, 1.82) is 0 Å². The van der Waals surface area contributed by atoms with Crippen molar-refractivity contribution in [3.63, 3.8) is 0 Å². The van der Waals surface area contributed by atoms with E-state index >= 15 is 0 Å². The van der Waals surface area contributed by atoms with Gasteiger partial charge in [-0.3, -0.25) is 4.98 Å². The number of benzene rings is 4. The van der Waals surface area contributed by atoms with Gasteiger partial charge in [-0.15, -0.1) is 0 Å². The monoisotopic (exact) mass is 499 g/mol. The molecule has 37 heavy (non-hydrogen) atoms. The maximum Gasteiger partial charge on any atom is 0.394 e. The number of aromatic nitrogens is 1. The van der Waals surface area contributed by atoms with E-state index in [1.54, 1.807) is 6.20 Å². The predicted molar refractivity (Wildman–Crippen MR) is 144 cm³/mol. The van der Waals surface area contributed by atoms with Crippen molar-refractivity contribution in [2.75, 3.05) is 0 Å². The van der Waals surface area contributed by atoms with Gasteiger partial charge in [0.1, 0.15) is 11.5 Å². The molecule has 0 radical (unpaired) electrons. The first-order valence-electron chi connectivity index (χ1n) is 12.7. The van der Waals surface area contributed by atoms with Gasteiger partial charge in [0.2, 0.25) is 0 Å². The van der Waals surface area contributed by atoms with Crippen LogP contribution in [0.15, 0.2) is 66.9 Å². The lowest BCUT2D eigenvalue weighted by Gasteiger charge is -2.29. The molecule has 1 aliphatic heterocycles. The van der Waals surface area contributed by atoms with Crippen LogP contribution in [0.1, 0.15) is 38.8 Å². The second-order valence-corrected chi connectivity index (χ2v) is 11.2. The zero-order valence-corrected chi connectivity index (χ0v) is 21.3. The number of alkyl halides is 3. The van der Waals surface area contributed by atoms with E-state index in [2.05, 4.69) is 32.0 Å². The van der Waals surface area contributed by atoms with Gasteiger partial charge in [0.25, 0.3) is 0 Å². The molecule has 0 saturated heterocycles. The molecule has 0 N–H and O–H groups in total. The van der Waals surface area contributed by atoms with Crippen LogP contribution in [-0.4, -0.2) is 11.2 Å². The number of fused-ring (bicyclic) bond motifs is 5. The number of rotatable bonds is 4. The third-order valence-electron chi connectivity index (χ3n) is 7.52. The fourth-order valence-electron chi connectivity index (χ4n) is 5.63. The Hall–Kier alpha value is -3.60. The second-order valence-electron chi connectivity index (χ2n) is 11.2. The molecular formula is C32H28F3NO. The Kier molecular flexibility index (Phi) is 5.27. The van der Waals surface area contributed by atoms with Crippen molar-refractivity contribution in [3.8, 4) is 22.8 Å². The van der Waals surface area contributed by atoms with Gasteiger partial charge in [-0.05, 0) is 69.5 Å². The highest BCUT2D eigenvalue weighted by atomic mass is 19.4. The lowest BCUT2D eigenvalue weighted by atomic mass is 9.82. The molecule has 188 valence electrons. The van der Waals surface area contributed by atoms with Crippen molar-refractivity contribution in [2.45, 2.75) is 46.7 Å². The largest absolute Gasteiger partial charge is 0.456 e. The summed E-state index contributed by atoms with van der Waals surface area (Å²) in [5.74, 6) is 1.96. The highest BCUT2D eigenvalue weighted by molar-refractivity contribution is 6.17. The molecule has 0 aliphatic carbocycles. The van der Waals surface area contributed by atoms with Crippen molar-refractivity contribution in [3.05, 3.63) is 78.0 Å². The van der Waals surface area contributed by atoms with Gasteiger partial charge in [0, 0.05) is 17.3 Å². The van der Waals surface area contributed by atoms with Crippen LogP contribution in [0.25, 0.3) is 43.6 Å². The Balaban J connectivity index is 1.66. The summed E-state index contributed by atoms with van der Waals surface area (Å²) >= 11 is 0. The minimum atomic E-state index is -4.31. The van der Waals surface area contributed by atoms with E-state index < -0.39 is 11.6 Å². The first-order valence-corrected chi connectivity index (χ1v) is 12.7. The highest BCUT2D eigenvalue weighted by Gasteiger charge is 2.47. The van der Waals surface area contributed by atoms with E-state index in [0.717, 1.165) is 55.9 Å². The molecule has 0 atom stereocenters. The van der Waals surface area contributed by atoms with Crippen LogP contribution in [0.4, 0.5) is 13.2 Å². The maximum absolute atomic E-state index is 13.8. The van der Waals surface area contributed by atoms with Gasteiger partial charge < -0.3 is 4.74 Å². The maximum atomic E-state index is 13.8. The van der Waals surface area contributed by atoms with E-state index in [0.29, 0.717) is 17.2 Å². The van der Waals surface area contributed by atoms with E-state index in [-0.39, 0.29) is 6.42 Å². The predicted octanol–water partition coefficient (Wildman–Crippen LogP) is 9.64. The lowest BCUT2D eigenvalue weighted by Crippen LogP contribution is -2.34. The number of hydrogen-bond acceptors (Lipinski definition) is 2. The molecule has 0 bridgehead atoms. The standard InChI is InChI=1S/C32H28F3NO/c1-18(2)14-24-22-11-6-5-8-19(22)15-25-29-28-23(12-13-36-29)27-20(16-26(28)37-30(24)25)9-7-10-21(27)17-31(3,4)32(33,34)35/h5-13,15-16,18H,14,17H2,1-4H3. The first kappa shape index (κ1) is 23.8. The summed E-state index contributed by atoms with van der Waals surface area (Å²) in [6.07, 6.45) is -1.79. The van der Waals surface area contributed by atoms with Crippen LogP contribution < -0.4 is 4.74 Å². The summed E-state index contributed by atoms with van der Waals surface area (Å²) in [6.45, 7) is 6.92. The van der Waals surface area contributed by atoms with E-state index in [4.69, 9.17) is 9.72 Å². The minimum absolute atomic E-state index is 0.111. The quantitative estimate of drug-likeness (QED) is 0.225. The number of pyridine rings is 1. The molecule has 0 unspecified atom stereocenters. The molecule has 4 aromatic carbocycles. The molecule has 1 aliphatic rings. The SMILES string of the molecule is CC(C)Cc1c2c(cc3ccccc13)-c1nccc3c1c(cc1cccc(CC(C)(C)C(F)(F)F)c13)O2. The summed E-state index contributed by atoms with van der Waals surface area (Å²) in [6, 6.07) is 19.9. The normalized spacial score (nSPS) is 13.4. The van der Waals surface area contributed by atoms with Crippen molar-refractivity contribution >= 4 is 32.3 Å². The molecule has 0 saturated carbocycles. The summed E-state index contributed by atoms with van der Waals surface area (Å²) in [4.78, 5) is 4.80. The zero-order valence-electron chi connectivity index (χ0n) is 21.3. The van der Waals surface area contributed by atoms with Gasteiger partial charge in [-0.1, -0.05) is 70.2 Å². The number of hydrogen-bond donors (Lipinski definition) is 0. The summed E-state index contributed by atoms with van der Waals surface area (Å²) < 4.78 is 48.1. The molecule has 1 aromatic heterocycles. The molecule has 2 heterocycles. The van der Waals surface area contributed by atoms with Crippen LogP contribution in [-0.2, 0) is 12.8 Å². The van der Waals surface area contributed by atoms with Crippen LogP contribution in [0, 0.1) is 11.3 Å². The Morgan fingerprint density at radius 3 is 2.38 bits per heavy atom. The minimum Gasteiger partial charge on any atom is -0.456 e. The Bertz CT molecular complexity index is 1700. The van der Waals surface area contributed by atoms with Crippen LogP contribution >= 0.6 is 0 Å². The van der Waals surface area contributed by atoms with Crippen molar-refractivity contribution in [2.24, 2.45) is 11.3 Å². The molecule has 5 heteroatoms. The molecule has 0 amide bonds. The zero-order chi connectivity index (χ0) is 26.1. The van der Waals surface area contributed by atoms with E-state index in [9.17, 15) is 13.2 Å². The van der Waals surface area contributed by atoms with E-state index in [1.807, 2.05) is 42.5 Å². The fourth-order valence-corrected chi connectivity index (χ4v) is 5.63. The molecule has 0 fully saturated rings. The second kappa shape index (κ2) is 8.20. The molecular weight excluding hydrogens is 471 g/mol. The Labute approximate surface area is 214 Å². The topological polar surface area (TPSA) is 22.1 Å². The van der Waals surface area contributed by atoms with Gasteiger partial charge in [-0.25, -0.2) is 0 Å². The average Bonchev–Trinajstić information content (AvgIpc) is 2.83. The first-order chi connectivity index (χ1) is 17.5.